The summed E-state index contributed by atoms with van der Waals surface area (Å²) >= 11 is 0. The van der Waals surface area contributed by atoms with E-state index in [1.807, 2.05) is 0 Å². The zero-order valence-electron chi connectivity index (χ0n) is 29.6. The molecule has 250 valence electrons. The molecule has 0 fully saturated rings. The standard InChI is InChI=1S/C54H34/c1-7-19-45-35(13-1)25-27-37-29-31-39(33-51(37)53(45)47-21-9-3-15-41(47)42-16-4-10-22-48(42)53)40-32-30-38-28-26-36-14-2-8-20-46(36)54(52(38)34-40)49-23-11-5-17-43(49)44-18-6-12-24-50(44)54/h1-34H. The van der Waals surface area contributed by atoms with E-state index >= 15 is 0 Å². The van der Waals surface area contributed by atoms with Crippen molar-refractivity contribution in [2.75, 3.05) is 0 Å². The summed E-state index contributed by atoms with van der Waals surface area (Å²) in [6.45, 7) is 0. The van der Waals surface area contributed by atoms with Gasteiger partial charge in [0.1, 0.15) is 0 Å². The fraction of sp³-hybridized carbons (Fsp3) is 0.0370. The first-order chi connectivity index (χ1) is 26.8. The maximum Gasteiger partial charge on any atom is 0.0725 e. The van der Waals surface area contributed by atoms with Crippen molar-refractivity contribution in [2.45, 2.75) is 10.8 Å². The van der Waals surface area contributed by atoms with Crippen LogP contribution < -0.4 is 0 Å². The molecule has 0 nitrogen and oxygen atoms in total. The molecule has 0 heteroatoms. The molecule has 0 atom stereocenters. The third-order valence-electron chi connectivity index (χ3n) is 12.8. The van der Waals surface area contributed by atoms with E-state index in [1.54, 1.807) is 0 Å². The molecule has 8 aromatic rings. The summed E-state index contributed by atoms with van der Waals surface area (Å²) < 4.78 is 0. The molecule has 8 aromatic carbocycles. The van der Waals surface area contributed by atoms with Crippen LogP contribution in [0.1, 0.15) is 66.8 Å². The average molecular weight is 683 g/mol. The Morgan fingerprint density at radius 2 is 0.500 bits per heavy atom. The van der Waals surface area contributed by atoms with Crippen molar-refractivity contribution in [3.8, 4) is 33.4 Å². The molecule has 12 rings (SSSR count). The number of hydrogen-bond acceptors (Lipinski definition) is 0. The summed E-state index contributed by atoms with van der Waals surface area (Å²) in [4.78, 5) is 0. The predicted molar refractivity (Wildman–Crippen MR) is 224 cm³/mol. The molecule has 0 aliphatic heterocycles. The first kappa shape index (κ1) is 29.8. The molecule has 0 aromatic heterocycles. The van der Waals surface area contributed by atoms with Crippen molar-refractivity contribution in [1.29, 1.82) is 0 Å². The van der Waals surface area contributed by atoms with Crippen LogP contribution >= 0.6 is 0 Å². The highest BCUT2D eigenvalue weighted by molar-refractivity contribution is 5.94. The molecule has 0 amide bonds. The maximum absolute atomic E-state index is 2.51. The molecular weight excluding hydrogens is 649 g/mol. The van der Waals surface area contributed by atoms with Gasteiger partial charge in [-0.1, -0.05) is 194 Å². The van der Waals surface area contributed by atoms with Crippen LogP contribution in [0, 0.1) is 0 Å². The largest absolute Gasteiger partial charge is 0.0725 e. The number of benzene rings is 8. The summed E-state index contributed by atoms with van der Waals surface area (Å²) in [5, 5.41) is 0. The molecule has 54 heavy (non-hydrogen) atoms. The molecular formula is C54H34. The SMILES string of the molecule is C1=Cc2ccc(-c3ccc4c(c3)C3(c5ccccc5C=C4)c4ccccc4-c4ccccc43)cc2C2(c3ccccc31)c1ccccc1-c1ccccc12. The van der Waals surface area contributed by atoms with Gasteiger partial charge in [-0.25, -0.2) is 0 Å². The van der Waals surface area contributed by atoms with Crippen molar-refractivity contribution >= 4 is 24.3 Å². The Morgan fingerprint density at radius 1 is 0.222 bits per heavy atom. The van der Waals surface area contributed by atoms with E-state index in [9.17, 15) is 0 Å². The molecule has 0 radical (unpaired) electrons. The quantitative estimate of drug-likeness (QED) is 0.162. The van der Waals surface area contributed by atoms with Crippen LogP contribution in [0.5, 0.6) is 0 Å². The topological polar surface area (TPSA) is 0 Å². The van der Waals surface area contributed by atoms with Gasteiger partial charge in [0, 0.05) is 0 Å². The Bertz CT molecular complexity index is 2660. The van der Waals surface area contributed by atoms with Crippen molar-refractivity contribution < 1.29 is 0 Å². The molecule has 0 N–H and O–H groups in total. The highest BCUT2D eigenvalue weighted by Crippen LogP contribution is 2.60. The summed E-state index contributed by atoms with van der Waals surface area (Å²) in [7, 11) is 0. The van der Waals surface area contributed by atoms with Crippen molar-refractivity contribution in [2.24, 2.45) is 0 Å². The summed E-state index contributed by atoms with van der Waals surface area (Å²) in [5.41, 5.74) is 22.5. The van der Waals surface area contributed by atoms with Gasteiger partial charge in [-0.05, 0) is 112 Å². The smallest absolute Gasteiger partial charge is 0.0619 e. The third kappa shape index (κ3) is 3.67. The average Bonchev–Trinajstić information content (AvgIpc) is 3.58. The lowest BCUT2D eigenvalue weighted by Gasteiger charge is -2.36. The second kappa shape index (κ2) is 10.9. The Morgan fingerprint density at radius 3 is 0.852 bits per heavy atom. The van der Waals surface area contributed by atoms with Crippen molar-refractivity contribution in [3.63, 3.8) is 0 Å². The van der Waals surface area contributed by atoms with Crippen LogP contribution in [0.3, 0.4) is 0 Å². The van der Waals surface area contributed by atoms with E-state index in [-0.39, 0.29) is 0 Å². The summed E-state index contributed by atoms with van der Waals surface area (Å²) in [6.07, 6.45) is 9.29. The zero-order chi connectivity index (χ0) is 35.4. The molecule has 4 aliphatic carbocycles. The lowest BCUT2D eigenvalue weighted by molar-refractivity contribution is 0.765. The van der Waals surface area contributed by atoms with Gasteiger partial charge in [0.2, 0.25) is 0 Å². The van der Waals surface area contributed by atoms with Gasteiger partial charge in [-0.3, -0.25) is 0 Å². The molecule has 0 saturated heterocycles. The van der Waals surface area contributed by atoms with E-state index in [0.717, 1.165) is 0 Å². The number of hydrogen-bond donors (Lipinski definition) is 0. The fourth-order valence-corrected chi connectivity index (χ4v) is 10.7. The van der Waals surface area contributed by atoms with E-state index in [2.05, 4.69) is 206 Å². The highest BCUT2D eigenvalue weighted by Gasteiger charge is 2.50. The van der Waals surface area contributed by atoms with Crippen molar-refractivity contribution in [3.05, 3.63) is 249 Å². The van der Waals surface area contributed by atoms with Crippen LogP contribution in [-0.4, -0.2) is 0 Å². The molecule has 2 spiro atoms. The first-order valence-corrected chi connectivity index (χ1v) is 19.0. The first-order valence-electron chi connectivity index (χ1n) is 19.0. The number of rotatable bonds is 1. The van der Waals surface area contributed by atoms with Gasteiger partial charge >= 0.3 is 0 Å². The van der Waals surface area contributed by atoms with Gasteiger partial charge < -0.3 is 0 Å². The van der Waals surface area contributed by atoms with Crippen LogP contribution in [-0.2, 0) is 10.8 Å². The molecule has 0 heterocycles. The van der Waals surface area contributed by atoms with E-state index in [4.69, 9.17) is 0 Å². The van der Waals surface area contributed by atoms with Crippen LogP contribution in [0.4, 0.5) is 0 Å². The normalized spacial score (nSPS) is 15.2. The second-order valence-electron chi connectivity index (χ2n) is 15.1. The zero-order valence-corrected chi connectivity index (χ0v) is 29.6. The minimum Gasteiger partial charge on any atom is -0.0619 e. The summed E-state index contributed by atoms with van der Waals surface area (Å²) in [5.74, 6) is 0. The maximum atomic E-state index is 2.51. The van der Waals surface area contributed by atoms with Gasteiger partial charge in [0.15, 0.2) is 0 Å². The van der Waals surface area contributed by atoms with Crippen LogP contribution in [0.2, 0.25) is 0 Å². The van der Waals surface area contributed by atoms with Gasteiger partial charge in [0.25, 0.3) is 0 Å². The Kier molecular flexibility index (Phi) is 6.00. The van der Waals surface area contributed by atoms with Gasteiger partial charge in [-0.15, -0.1) is 0 Å². The van der Waals surface area contributed by atoms with E-state index < -0.39 is 10.8 Å². The van der Waals surface area contributed by atoms with E-state index in [0.29, 0.717) is 0 Å². The lowest BCUT2D eigenvalue weighted by atomic mass is 9.65. The predicted octanol–water partition coefficient (Wildman–Crippen LogP) is 13.0. The van der Waals surface area contributed by atoms with Crippen LogP contribution in [0.25, 0.3) is 57.7 Å². The van der Waals surface area contributed by atoms with E-state index in [1.165, 1.54) is 100 Å². The Balaban J connectivity index is 1.15. The highest BCUT2D eigenvalue weighted by atomic mass is 14.5. The van der Waals surface area contributed by atoms with Gasteiger partial charge in [0.05, 0.1) is 10.8 Å². The lowest BCUT2D eigenvalue weighted by Crippen LogP contribution is -2.30. The minimum absolute atomic E-state index is 0.462. The minimum atomic E-state index is -0.462. The monoisotopic (exact) mass is 682 g/mol. The summed E-state index contributed by atoms with van der Waals surface area (Å²) in [6, 6.07) is 68.7. The second-order valence-corrected chi connectivity index (χ2v) is 15.1. The molecule has 0 bridgehead atoms. The van der Waals surface area contributed by atoms with Crippen molar-refractivity contribution in [1.82, 2.24) is 0 Å². The Hall–Kier alpha value is -6.76. The molecule has 0 unspecified atom stereocenters. The number of fused-ring (bicyclic) bond motifs is 18. The fourth-order valence-electron chi connectivity index (χ4n) is 10.7. The third-order valence-corrected chi connectivity index (χ3v) is 12.8. The molecule has 4 aliphatic rings. The van der Waals surface area contributed by atoms with Crippen LogP contribution in [0.15, 0.2) is 182 Å². The van der Waals surface area contributed by atoms with Gasteiger partial charge in [-0.2, -0.15) is 0 Å². The Labute approximate surface area is 316 Å². The molecule has 0 saturated carbocycles.